The van der Waals surface area contributed by atoms with Gasteiger partial charge in [0.15, 0.2) is 11.4 Å². The fourth-order valence-electron chi connectivity index (χ4n) is 12.0. The molecule has 4 aromatic rings. The lowest BCUT2D eigenvalue weighted by molar-refractivity contribution is -0.172. The number of cyclic esters (lactones) is 1. The number of carbonyl (C=O) groups excluding carboxylic acids is 9. The monoisotopic (exact) mass is 1100 g/mol. The third-order valence-electron chi connectivity index (χ3n) is 16.5. The Balaban J connectivity index is 0.785. The Kier molecular flexibility index (Phi) is 17.0. The highest BCUT2D eigenvalue weighted by molar-refractivity contribution is 6.03. The normalized spacial score (nSPS) is 19.9. The number of carbonyl (C=O) groups is 9. The first-order chi connectivity index (χ1) is 38.3. The molecule has 1 saturated carbocycles. The summed E-state index contributed by atoms with van der Waals surface area (Å²) in [6.45, 7) is 3.38. The van der Waals surface area contributed by atoms with Crippen LogP contribution in [-0.4, -0.2) is 117 Å². The van der Waals surface area contributed by atoms with Crippen LogP contribution in [0, 0.1) is 18.7 Å². The second kappa shape index (κ2) is 23.9. The number of Topliss-reactive ketones (excluding diaryl/α,β-unsaturated/α-hetero) is 1. The molecule has 5 aliphatic rings. The van der Waals surface area contributed by atoms with Gasteiger partial charge in [0.05, 0.1) is 48.6 Å². The number of benzene rings is 2. The van der Waals surface area contributed by atoms with Gasteiger partial charge in [0.1, 0.15) is 30.8 Å². The van der Waals surface area contributed by atoms with Crippen LogP contribution < -0.4 is 32.1 Å². The van der Waals surface area contributed by atoms with Crippen LogP contribution in [0.5, 0.6) is 0 Å². The van der Waals surface area contributed by atoms with Crippen LogP contribution in [-0.2, 0) is 84.2 Å². The number of likely N-dealkylation sites (tertiary alicyclic amines) is 1. The maximum atomic E-state index is 15.6. The largest absolute Gasteiger partial charge is 0.458 e. The summed E-state index contributed by atoms with van der Waals surface area (Å²) < 4.78 is 28.7. The molecular weight excluding hydrogens is 1040 g/mol. The summed E-state index contributed by atoms with van der Waals surface area (Å²) in [5, 5.41) is 24.9. The van der Waals surface area contributed by atoms with Crippen LogP contribution in [0.25, 0.3) is 22.3 Å². The number of rotatable bonds is 23. The van der Waals surface area contributed by atoms with Gasteiger partial charge in [-0.25, -0.2) is 14.2 Å². The highest BCUT2D eigenvalue weighted by Crippen LogP contribution is 2.49. The Hall–Kier alpha value is -7.72. The predicted octanol–water partition coefficient (Wildman–Crippen LogP) is 2.95. The van der Waals surface area contributed by atoms with Gasteiger partial charge in [-0.05, 0) is 98.9 Å². The number of aryl methyl sites for hydroxylation is 1. The van der Waals surface area contributed by atoms with Crippen molar-refractivity contribution in [2.75, 3.05) is 32.9 Å². The number of esters is 1. The standard InChI is InChI=1S/C58H67FN8O13/c1-4-58(78)39-24-43-52-37(29-67(43)55(76)38(39)30-79-56(58)77)50-35(16-17-36-33(3)40(59)25-41(65-52)51(36)50)23-44(68)57(18-10-11-19-57)80-31-63-47(71)27-62-53(74)42(22-34-13-7-5-8-14-34)64-48(72)28-61-46(70)26-60-45(69)15-9-6-12-20-66-49(73)21-32(2)54(66)75/h5,7-8,13-14,24-25,32,35,42,78H,4,6,9-12,15-23,26-31H2,1-3H3,(H,60,69)(H,61,70)(H,62,74)(H,63,71)(H,64,72)/t32?,35-,42+,58+/m1/s1. The molecule has 4 atom stereocenters. The molecule has 1 unspecified atom stereocenters. The van der Waals surface area contributed by atoms with Crippen molar-refractivity contribution in [1.29, 1.82) is 0 Å². The molecule has 2 fully saturated rings. The molecule has 80 heavy (non-hydrogen) atoms. The lowest BCUT2D eigenvalue weighted by Crippen LogP contribution is -2.52. The van der Waals surface area contributed by atoms with Gasteiger partial charge in [0.25, 0.3) is 5.56 Å². The first-order valence-corrected chi connectivity index (χ1v) is 27.6. The number of amides is 7. The van der Waals surface area contributed by atoms with E-state index in [1.54, 1.807) is 57.2 Å². The van der Waals surface area contributed by atoms with Crippen molar-refractivity contribution in [3.05, 3.63) is 97.6 Å². The van der Waals surface area contributed by atoms with Crippen LogP contribution in [0.2, 0.25) is 0 Å². The van der Waals surface area contributed by atoms with Gasteiger partial charge < -0.3 is 45.7 Å². The van der Waals surface area contributed by atoms with E-state index in [9.17, 15) is 53.1 Å². The van der Waals surface area contributed by atoms with Crippen LogP contribution >= 0.6 is 0 Å². The van der Waals surface area contributed by atoms with Crippen molar-refractivity contribution in [2.45, 2.75) is 147 Å². The van der Waals surface area contributed by atoms with E-state index in [0.717, 1.165) is 16.5 Å². The molecule has 0 radical (unpaired) electrons. The number of aromatic nitrogens is 2. The lowest BCUT2D eigenvalue weighted by atomic mass is 9.74. The number of ketones is 1. The lowest BCUT2D eigenvalue weighted by Gasteiger charge is -2.33. The zero-order valence-electron chi connectivity index (χ0n) is 45.2. The van der Waals surface area contributed by atoms with E-state index in [2.05, 4.69) is 26.6 Å². The summed E-state index contributed by atoms with van der Waals surface area (Å²) >= 11 is 0. The summed E-state index contributed by atoms with van der Waals surface area (Å²) in [6.07, 6.45) is 5.16. The molecule has 5 heterocycles. The number of hydrogen-bond donors (Lipinski definition) is 6. The Morgan fingerprint density at radius 3 is 2.33 bits per heavy atom. The second-order valence-electron chi connectivity index (χ2n) is 21.6. The number of ether oxygens (including phenoxy) is 2. The number of halogens is 1. The van der Waals surface area contributed by atoms with Crippen molar-refractivity contribution in [3.8, 4) is 11.4 Å². The minimum absolute atomic E-state index is 0.0380. The maximum absolute atomic E-state index is 15.6. The van der Waals surface area contributed by atoms with Crippen molar-refractivity contribution in [3.63, 3.8) is 0 Å². The Labute approximate surface area is 460 Å². The molecule has 1 saturated heterocycles. The van der Waals surface area contributed by atoms with Crippen LogP contribution in [0.1, 0.15) is 136 Å². The number of hydrogen-bond acceptors (Lipinski definition) is 14. The van der Waals surface area contributed by atoms with E-state index >= 15 is 4.39 Å². The number of fused-ring (bicyclic) bond motifs is 5. The van der Waals surface area contributed by atoms with E-state index in [-0.39, 0.29) is 98.5 Å². The number of pyridine rings is 2. The predicted molar refractivity (Wildman–Crippen MR) is 285 cm³/mol. The molecule has 21 nitrogen and oxygen atoms in total. The van der Waals surface area contributed by atoms with E-state index in [4.69, 9.17) is 14.5 Å². The number of aliphatic hydroxyl groups is 1. The van der Waals surface area contributed by atoms with Gasteiger partial charge in [0.2, 0.25) is 41.4 Å². The van der Waals surface area contributed by atoms with Gasteiger partial charge >= 0.3 is 5.97 Å². The van der Waals surface area contributed by atoms with Gasteiger partial charge in [0, 0.05) is 60.7 Å². The molecule has 3 aliphatic heterocycles. The summed E-state index contributed by atoms with van der Waals surface area (Å²) in [7, 11) is 0. The van der Waals surface area contributed by atoms with Crippen LogP contribution in [0.3, 0.4) is 0 Å². The van der Waals surface area contributed by atoms with E-state index in [1.807, 2.05) is 0 Å². The molecular formula is C58H67FN8O13. The van der Waals surface area contributed by atoms with E-state index in [1.165, 1.54) is 15.5 Å². The molecule has 2 aromatic heterocycles. The average Bonchev–Trinajstić information content (AvgIpc) is 4.15. The maximum Gasteiger partial charge on any atom is 0.343 e. The summed E-state index contributed by atoms with van der Waals surface area (Å²) in [5.41, 5.74) is 1.16. The average molecular weight is 1100 g/mol. The molecule has 7 amide bonds. The molecule has 0 bridgehead atoms. The van der Waals surface area contributed by atoms with Crippen molar-refractivity contribution in [2.24, 2.45) is 5.92 Å². The molecule has 0 spiro atoms. The summed E-state index contributed by atoms with van der Waals surface area (Å²) in [4.78, 5) is 137. The van der Waals surface area contributed by atoms with Crippen molar-refractivity contribution >= 4 is 64.0 Å². The molecule has 9 rings (SSSR count). The molecule has 6 N–H and O–H groups in total. The quantitative estimate of drug-likeness (QED) is 0.0238. The Bertz CT molecular complexity index is 3250. The minimum atomic E-state index is -2.04. The van der Waals surface area contributed by atoms with E-state index in [0.29, 0.717) is 97.9 Å². The molecule has 424 valence electrons. The number of imide groups is 1. The van der Waals surface area contributed by atoms with Gasteiger partial charge in [-0.3, -0.25) is 48.1 Å². The first-order valence-electron chi connectivity index (χ1n) is 27.6. The third-order valence-corrected chi connectivity index (χ3v) is 16.5. The minimum Gasteiger partial charge on any atom is -0.458 e. The molecule has 22 heteroatoms. The zero-order chi connectivity index (χ0) is 57.0. The smallest absolute Gasteiger partial charge is 0.343 e. The highest BCUT2D eigenvalue weighted by Gasteiger charge is 2.47. The Morgan fingerprint density at radius 1 is 0.887 bits per heavy atom. The van der Waals surface area contributed by atoms with Gasteiger partial charge in [-0.15, -0.1) is 0 Å². The number of nitrogens with zero attached hydrogens (tertiary/aromatic N) is 3. The van der Waals surface area contributed by atoms with Crippen LogP contribution in [0.4, 0.5) is 4.39 Å². The SMILES string of the molecule is CC[C@@]1(O)C(=O)OCc2c1cc1n(c2=O)Cc2c-1nc1cc(F)c(C)c3c1c2[C@@H](CC(=O)C1(OCNC(=O)CNC(=O)[C@H](Cc2ccccc2)NC(=O)CNC(=O)CNC(=O)CCCCCN2C(=O)CC(C)C2=O)CCCC1)CC3. The first kappa shape index (κ1) is 57.0. The van der Waals surface area contributed by atoms with Crippen molar-refractivity contribution < 1.29 is 62.1 Å². The molecule has 2 aliphatic carbocycles. The van der Waals surface area contributed by atoms with Gasteiger partial charge in [-0.2, -0.15) is 0 Å². The van der Waals surface area contributed by atoms with Crippen LogP contribution in [0.15, 0.2) is 47.3 Å². The fraction of sp³-hybridized carbons (Fsp3) is 0.500. The second-order valence-corrected chi connectivity index (χ2v) is 21.6. The third kappa shape index (κ3) is 11.6. The fourth-order valence-corrected chi connectivity index (χ4v) is 12.0. The highest BCUT2D eigenvalue weighted by atomic mass is 19.1. The van der Waals surface area contributed by atoms with Gasteiger partial charge in [-0.1, -0.05) is 50.6 Å². The summed E-state index contributed by atoms with van der Waals surface area (Å²) in [6, 6.07) is 10.7. The van der Waals surface area contributed by atoms with E-state index < -0.39 is 77.9 Å². The zero-order valence-corrected chi connectivity index (χ0v) is 45.2. The number of unbranched alkanes of at least 4 members (excludes halogenated alkanes) is 2. The summed E-state index contributed by atoms with van der Waals surface area (Å²) in [5.74, 6) is -5.59. The van der Waals surface area contributed by atoms with Crippen molar-refractivity contribution in [1.82, 2.24) is 41.0 Å². The topological polar surface area (TPSA) is 291 Å². The Morgan fingerprint density at radius 2 is 1.60 bits per heavy atom. The molecule has 2 aromatic carbocycles. The number of nitrogens with one attached hydrogen (secondary N) is 5.